The highest BCUT2D eigenvalue weighted by molar-refractivity contribution is 6.24. The van der Waals surface area contributed by atoms with E-state index in [1.54, 1.807) is 0 Å². The summed E-state index contributed by atoms with van der Waals surface area (Å²) in [6, 6.07) is 26.0. The molecule has 3 aromatic rings. The van der Waals surface area contributed by atoms with Gasteiger partial charge in [0.15, 0.2) is 0 Å². The molecule has 3 heteroatoms. The highest BCUT2D eigenvalue weighted by Crippen LogP contribution is 2.37. The van der Waals surface area contributed by atoms with E-state index in [-0.39, 0.29) is 5.91 Å². The maximum Gasteiger partial charge on any atom is 0.238 e. The average Bonchev–Trinajstić information content (AvgIpc) is 3.02. The van der Waals surface area contributed by atoms with Crippen molar-refractivity contribution in [2.24, 2.45) is 4.99 Å². The number of carbonyl (C=O) groups excluding carboxylic acids is 1. The lowest BCUT2D eigenvalue weighted by atomic mass is 9.89. The molecule has 1 atom stereocenters. The molecule has 0 radical (unpaired) electrons. The number of para-hydroxylation sites is 1. The number of hydrogen-bond acceptors (Lipinski definition) is 2. The van der Waals surface area contributed by atoms with Crippen LogP contribution in [0.3, 0.4) is 0 Å². The summed E-state index contributed by atoms with van der Waals surface area (Å²) in [6.07, 6.45) is 0. The Kier molecular flexibility index (Phi) is 4.59. The first-order valence-electron chi connectivity index (χ1n) is 9.27. The second-order valence-corrected chi connectivity index (χ2v) is 7.12. The number of hydrogen-bond donors (Lipinski definition) is 1. The van der Waals surface area contributed by atoms with Gasteiger partial charge in [-0.15, -0.1) is 0 Å². The molecule has 0 aromatic heterocycles. The maximum absolute atomic E-state index is 12.9. The summed E-state index contributed by atoms with van der Waals surface area (Å²) < 4.78 is 0. The van der Waals surface area contributed by atoms with Crippen LogP contribution >= 0.6 is 0 Å². The fourth-order valence-electron chi connectivity index (χ4n) is 3.46. The van der Waals surface area contributed by atoms with Crippen molar-refractivity contribution in [3.63, 3.8) is 0 Å². The Labute approximate surface area is 159 Å². The van der Waals surface area contributed by atoms with Gasteiger partial charge in [0.25, 0.3) is 0 Å². The number of fused-ring (bicyclic) bond motifs is 1. The largest absolute Gasteiger partial charge is 0.325 e. The lowest BCUT2D eigenvalue weighted by Gasteiger charge is -2.14. The number of aliphatic imine (C=N–C) groups is 1. The van der Waals surface area contributed by atoms with E-state index in [1.165, 1.54) is 5.56 Å². The molecule has 1 amide bonds. The molecule has 1 aliphatic heterocycles. The first-order chi connectivity index (χ1) is 13.1. The number of carbonyl (C=O) groups is 1. The van der Waals surface area contributed by atoms with Crippen LogP contribution in [0.2, 0.25) is 0 Å². The fraction of sp³-hybridized carbons (Fsp3) is 0.167. The summed E-state index contributed by atoms with van der Waals surface area (Å²) in [5.74, 6) is -0.0221. The molecule has 0 spiro atoms. The predicted octanol–water partition coefficient (Wildman–Crippen LogP) is 5.67. The van der Waals surface area contributed by atoms with Gasteiger partial charge in [0, 0.05) is 5.69 Å². The van der Waals surface area contributed by atoms with Crippen LogP contribution in [0.1, 0.15) is 42.4 Å². The molecule has 0 saturated carbocycles. The van der Waals surface area contributed by atoms with Gasteiger partial charge in [0.05, 0.1) is 11.4 Å². The zero-order valence-electron chi connectivity index (χ0n) is 15.5. The molecule has 0 saturated heterocycles. The van der Waals surface area contributed by atoms with Crippen LogP contribution in [-0.2, 0) is 4.79 Å². The zero-order valence-corrected chi connectivity index (χ0v) is 15.5. The van der Waals surface area contributed by atoms with E-state index in [2.05, 4.69) is 37.4 Å². The van der Waals surface area contributed by atoms with Crippen LogP contribution in [-0.4, -0.2) is 11.6 Å². The Bertz CT molecular complexity index is 991. The van der Waals surface area contributed by atoms with Crippen molar-refractivity contribution in [1.82, 2.24) is 0 Å². The summed E-state index contributed by atoms with van der Waals surface area (Å²) in [5.41, 5.74) is 5.68. The molecule has 1 unspecified atom stereocenters. The highest BCUT2D eigenvalue weighted by Gasteiger charge is 2.35. The van der Waals surface area contributed by atoms with Crippen molar-refractivity contribution in [2.75, 3.05) is 5.32 Å². The first kappa shape index (κ1) is 17.2. The van der Waals surface area contributed by atoms with Gasteiger partial charge in [-0.25, -0.2) is 0 Å². The SMILES string of the molecule is CC(C)c1ccc2c(c1)NC(=O)C2C(=Nc1ccccc1)c1ccccc1. The molecule has 1 N–H and O–H groups in total. The molecule has 0 bridgehead atoms. The van der Waals surface area contributed by atoms with Crippen LogP contribution in [0.25, 0.3) is 0 Å². The number of amides is 1. The van der Waals surface area contributed by atoms with Crippen LogP contribution in [0.15, 0.2) is 83.9 Å². The van der Waals surface area contributed by atoms with E-state index >= 15 is 0 Å². The molecule has 4 rings (SSSR count). The predicted molar refractivity (Wildman–Crippen MR) is 111 cm³/mol. The molecule has 0 fully saturated rings. The van der Waals surface area contributed by atoms with Gasteiger partial charge < -0.3 is 5.32 Å². The Morgan fingerprint density at radius 3 is 2.26 bits per heavy atom. The van der Waals surface area contributed by atoms with Crippen molar-refractivity contribution in [3.05, 3.63) is 95.6 Å². The van der Waals surface area contributed by atoms with Gasteiger partial charge in [-0.2, -0.15) is 0 Å². The third kappa shape index (κ3) is 3.41. The topological polar surface area (TPSA) is 41.5 Å². The minimum absolute atomic E-state index is 0.0237. The Balaban J connectivity index is 1.85. The van der Waals surface area contributed by atoms with Crippen molar-refractivity contribution in [2.45, 2.75) is 25.7 Å². The summed E-state index contributed by atoms with van der Waals surface area (Å²) in [5, 5.41) is 3.06. The minimum atomic E-state index is -0.413. The zero-order chi connectivity index (χ0) is 18.8. The summed E-state index contributed by atoms with van der Waals surface area (Å²) in [4.78, 5) is 17.8. The third-order valence-electron chi connectivity index (χ3n) is 4.92. The summed E-state index contributed by atoms with van der Waals surface area (Å²) in [6.45, 7) is 4.31. The van der Waals surface area contributed by atoms with Crippen molar-refractivity contribution in [1.29, 1.82) is 0 Å². The molecule has 0 aliphatic carbocycles. The van der Waals surface area contributed by atoms with Gasteiger partial charge in [-0.3, -0.25) is 9.79 Å². The average molecular weight is 354 g/mol. The van der Waals surface area contributed by atoms with E-state index in [0.29, 0.717) is 5.92 Å². The number of nitrogens with zero attached hydrogens (tertiary/aromatic N) is 1. The van der Waals surface area contributed by atoms with Crippen molar-refractivity contribution < 1.29 is 4.79 Å². The molecule has 1 aliphatic rings. The quantitative estimate of drug-likeness (QED) is 0.603. The fourth-order valence-corrected chi connectivity index (χ4v) is 3.46. The highest BCUT2D eigenvalue weighted by atomic mass is 16.2. The lowest BCUT2D eigenvalue weighted by Crippen LogP contribution is -2.21. The van der Waals surface area contributed by atoms with E-state index in [9.17, 15) is 4.79 Å². The van der Waals surface area contributed by atoms with Crippen molar-refractivity contribution >= 4 is 23.0 Å². The summed E-state index contributed by atoms with van der Waals surface area (Å²) in [7, 11) is 0. The monoisotopic (exact) mass is 354 g/mol. The van der Waals surface area contributed by atoms with E-state index in [1.807, 2.05) is 60.7 Å². The smallest absolute Gasteiger partial charge is 0.238 e. The van der Waals surface area contributed by atoms with E-state index < -0.39 is 5.92 Å². The molecular weight excluding hydrogens is 332 g/mol. The number of anilines is 1. The van der Waals surface area contributed by atoms with Crippen LogP contribution in [0, 0.1) is 0 Å². The van der Waals surface area contributed by atoms with Gasteiger partial charge >= 0.3 is 0 Å². The Morgan fingerprint density at radius 2 is 1.59 bits per heavy atom. The van der Waals surface area contributed by atoms with Crippen LogP contribution in [0.4, 0.5) is 11.4 Å². The normalized spacial score (nSPS) is 16.3. The second-order valence-electron chi connectivity index (χ2n) is 7.12. The van der Waals surface area contributed by atoms with Gasteiger partial charge in [-0.1, -0.05) is 74.5 Å². The molecule has 27 heavy (non-hydrogen) atoms. The third-order valence-corrected chi connectivity index (χ3v) is 4.92. The molecule has 1 heterocycles. The van der Waals surface area contributed by atoms with Crippen LogP contribution < -0.4 is 5.32 Å². The van der Waals surface area contributed by atoms with Gasteiger partial charge in [0.2, 0.25) is 5.91 Å². The number of rotatable bonds is 4. The molecular formula is C24H22N2O. The van der Waals surface area contributed by atoms with Crippen molar-refractivity contribution in [3.8, 4) is 0 Å². The Hall–Kier alpha value is -3.20. The lowest BCUT2D eigenvalue weighted by molar-refractivity contribution is -0.115. The number of nitrogens with one attached hydrogen (secondary N) is 1. The second kappa shape index (κ2) is 7.20. The van der Waals surface area contributed by atoms with Crippen LogP contribution in [0.5, 0.6) is 0 Å². The van der Waals surface area contributed by atoms with Gasteiger partial charge in [-0.05, 0) is 40.8 Å². The maximum atomic E-state index is 12.9. The number of benzene rings is 3. The Morgan fingerprint density at radius 1 is 0.926 bits per heavy atom. The minimum Gasteiger partial charge on any atom is -0.325 e. The first-order valence-corrected chi connectivity index (χ1v) is 9.27. The summed E-state index contributed by atoms with van der Waals surface area (Å²) >= 11 is 0. The standard InChI is InChI=1S/C24H22N2O/c1-16(2)18-13-14-20-21(15-18)26-24(27)22(20)23(17-9-5-3-6-10-17)25-19-11-7-4-8-12-19/h3-16,22H,1-2H3,(H,26,27). The molecule has 3 aromatic carbocycles. The van der Waals surface area contributed by atoms with Gasteiger partial charge in [0.1, 0.15) is 5.92 Å². The molecule has 134 valence electrons. The molecule has 3 nitrogen and oxygen atoms in total. The van der Waals surface area contributed by atoms with E-state index in [4.69, 9.17) is 4.99 Å². The van der Waals surface area contributed by atoms with E-state index in [0.717, 1.165) is 28.2 Å².